The van der Waals surface area contributed by atoms with Gasteiger partial charge in [0.05, 0.1) is 48.0 Å². The molecule has 0 atom stereocenters. The van der Waals surface area contributed by atoms with Crippen LogP contribution in [0.4, 0.5) is 0 Å². The van der Waals surface area contributed by atoms with E-state index in [1.807, 2.05) is 12.1 Å². The fraction of sp³-hybridized carbons (Fsp3) is 0.280. The molecular weight excluding hydrogens is 514 g/mol. The van der Waals surface area contributed by atoms with Crippen molar-refractivity contribution < 1.29 is 22.7 Å². The number of fused-ring (bicyclic) bond motifs is 1. The van der Waals surface area contributed by atoms with Crippen LogP contribution in [0.5, 0.6) is 11.5 Å². The van der Waals surface area contributed by atoms with Gasteiger partial charge in [-0.3, -0.25) is 4.79 Å². The third-order valence-corrected chi connectivity index (χ3v) is 8.27. The average molecular weight is 538 g/mol. The van der Waals surface area contributed by atoms with E-state index < -0.39 is 15.9 Å². The first-order valence-electron chi connectivity index (χ1n) is 10.9. The van der Waals surface area contributed by atoms with Crippen LogP contribution in [0.3, 0.4) is 0 Å². The molecule has 1 amide bonds. The zero-order valence-corrected chi connectivity index (χ0v) is 21.8. The maximum Gasteiger partial charge on any atom is 0.279 e. The minimum Gasteiger partial charge on any atom is -0.493 e. The molecule has 0 aliphatic rings. The molecule has 0 unspecified atom stereocenters. The third-order valence-electron chi connectivity index (χ3n) is 5.32. The van der Waals surface area contributed by atoms with Crippen molar-refractivity contribution >= 4 is 37.5 Å². The van der Waals surface area contributed by atoms with Crippen LogP contribution in [0.1, 0.15) is 23.2 Å². The van der Waals surface area contributed by atoms with Gasteiger partial charge in [0, 0.05) is 43.6 Å². The van der Waals surface area contributed by atoms with Crippen LogP contribution in [0.15, 0.2) is 46.3 Å². The number of benzene rings is 2. The number of amides is 1. The molecule has 0 aliphatic carbocycles. The Bertz CT molecular complexity index is 1580. The van der Waals surface area contributed by atoms with Gasteiger partial charge in [0.1, 0.15) is 0 Å². The Morgan fingerprint density at radius 3 is 2.22 bits per heavy atom. The number of carbonyl (C=O) groups excluding carboxylic acids is 1. The van der Waals surface area contributed by atoms with Crippen molar-refractivity contribution in [1.29, 1.82) is 10.5 Å². The number of nitriles is 2. The molecule has 12 heteroatoms. The predicted octanol–water partition coefficient (Wildman–Crippen LogP) is 2.91. The minimum absolute atomic E-state index is 0.00924. The topological polar surface area (TPSA) is 138 Å². The molecule has 3 rings (SSSR count). The van der Waals surface area contributed by atoms with E-state index in [-0.39, 0.29) is 42.9 Å². The summed E-state index contributed by atoms with van der Waals surface area (Å²) in [6.07, 6.45) is 5.53. The van der Waals surface area contributed by atoms with E-state index in [2.05, 4.69) is 10.9 Å². The van der Waals surface area contributed by atoms with E-state index in [4.69, 9.17) is 26.4 Å². The number of hydrogen-bond acceptors (Lipinski definition) is 8. The van der Waals surface area contributed by atoms with Gasteiger partial charge in [0.25, 0.3) is 5.91 Å². The van der Waals surface area contributed by atoms with Crippen LogP contribution >= 0.6 is 11.3 Å². The van der Waals surface area contributed by atoms with Crippen LogP contribution in [-0.4, -0.2) is 50.5 Å². The number of nitrogens with zero attached hydrogens (tertiary/aromatic N) is 5. The molecule has 0 aliphatic heterocycles. The summed E-state index contributed by atoms with van der Waals surface area (Å²) >= 11 is 1.25. The zero-order chi connectivity index (χ0) is 27.0. The number of methoxy groups -OCH3 is 2. The van der Waals surface area contributed by atoms with Crippen molar-refractivity contribution in [3.63, 3.8) is 0 Å². The fourth-order valence-electron chi connectivity index (χ4n) is 3.50. The number of carbonyl (C=O) groups is 1. The van der Waals surface area contributed by atoms with Crippen LogP contribution in [0.25, 0.3) is 10.2 Å². The maximum atomic E-state index is 13.0. The first kappa shape index (κ1) is 27.4. The van der Waals surface area contributed by atoms with E-state index in [0.717, 1.165) is 14.5 Å². The summed E-state index contributed by atoms with van der Waals surface area (Å²) in [7, 11) is -0.904. The highest BCUT2D eigenvalue weighted by atomic mass is 32.2. The Kier molecular flexibility index (Phi) is 9.05. The molecule has 3 aromatic rings. The van der Waals surface area contributed by atoms with Crippen LogP contribution in [0.2, 0.25) is 0 Å². The van der Waals surface area contributed by atoms with Gasteiger partial charge in [-0.2, -0.15) is 19.8 Å². The quantitative estimate of drug-likeness (QED) is 0.363. The largest absolute Gasteiger partial charge is 0.493 e. The average Bonchev–Trinajstić information content (AvgIpc) is 3.23. The normalized spacial score (nSPS) is 11.6. The fourth-order valence-corrected chi connectivity index (χ4v) is 5.98. The van der Waals surface area contributed by atoms with Gasteiger partial charge in [0.2, 0.25) is 10.0 Å². The highest BCUT2D eigenvalue weighted by molar-refractivity contribution is 7.89. The van der Waals surface area contributed by atoms with E-state index in [9.17, 15) is 13.2 Å². The Labute approximate surface area is 218 Å². The molecule has 0 saturated heterocycles. The minimum atomic E-state index is -3.95. The second-order valence-corrected chi connectivity index (χ2v) is 10.5. The lowest BCUT2D eigenvalue weighted by molar-refractivity contribution is 0.0997. The number of thiazole rings is 1. The van der Waals surface area contributed by atoms with Crippen LogP contribution in [-0.2, 0) is 16.6 Å². The second kappa shape index (κ2) is 12.2. The van der Waals surface area contributed by atoms with E-state index in [1.165, 1.54) is 49.8 Å². The first-order valence-corrected chi connectivity index (χ1v) is 13.2. The Morgan fingerprint density at radius 2 is 1.68 bits per heavy atom. The molecular formula is C25H23N5O5S2. The summed E-state index contributed by atoms with van der Waals surface area (Å²) < 4.78 is 40.3. The third kappa shape index (κ3) is 5.99. The lowest BCUT2D eigenvalue weighted by Crippen LogP contribution is -2.32. The number of terminal acetylenes is 1. The molecule has 0 spiro atoms. The van der Waals surface area contributed by atoms with Crippen LogP contribution < -0.4 is 14.3 Å². The summed E-state index contributed by atoms with van der Waals surface area (Å²) in [5, 5.41) is 17.7. The van der Waals surface area contributed by atoms with E-state index >= 15 is 0 Å². The van der Waals surface area contributed by atoms with Crippen molar-refractivity contribution in [3.05, 3.63) is 46.8 Å². The summed E-state index contributed by atoms with van der Waals surface area (Å²) in [5.74, 6) is 3.01. The molecule has 0 saturated carbocycles. The SMILES string of the molecule is C#CCn1c(=NC(=O)c2ccc(S(=O)(=O)N(CCC#N)CCC#N)cc2)sc2cc(OC)c(OC)cc21. The van der Waals surface area contributed by atoms with Crippen molar-refractivity contribution in [3.8, 4) is 36.0 Å². The lowest BCUT2D eigenvalue weighted by atomic mass is 10.2. The van der Waals surface area contributed by atoms with Gasteiger partial charge in [-0.05, 0) is 24.3 Å². The van der Waals surface area contributed by atoms with E-state index in [1.54, 1.807) is 16.7 Å². The smallest absolute Gasteiger partial charge is 0.279 e. The molecule has 0 radical (unpaired) electrons. The summed E-state index contributed by atoms with van der Waals surface area (Å²) in [4.78, 5) is 17.5. The molecule has 0 fully saturated rings. The summed E-state index contributed by atoms with van der Waals surface area (Å²) in [5.41, 5.74) is 0.905. The van der Waals surface area contributed by atoms with Gasteiger partial charge >= 0.3 is 0 Å². The standard InChI is InChI=1S/C25H23N5O5S2/c1-4-13-30-20-16-21(34-2)22(35-3)17-23(20)36-25(30)28-24(31)18-7-9-19(10-8-18)37(32,33)29(14-5-11-26)15-6-12-27/h1,7-10,16-17H,5-6,13-15H2,2-3H3. The molecule has 37 heavy (non-hydrogen) atoms. The highest BCUT2D eigenvalue weighted by Gasteiger charge is 2.24. The number of aromatic nitrogens is 1. The zero-order valence-electron chi connectivity index (χ0n) is 20.2. The van der Waals surface area contributed by atoms with Gasteiger partial charge < -0.3 is 14.0 Å². The molecule has 190 valence electrons. The van der Waals surface area contributed by atoms with Crippen LogP contribution in [0, 0.1) is 35.0 Å². The number of ether oxygens (including phenoxy) is 2. The Balaban J connectivity index is 1.98. The van der Waals surface area contributed by atoms with Crippen molar-refractivity contribution in [2.24, 2.45) is 4.99 Å². The number of rotatable bonds is 10. The monoisotopic (exact) mass is 537 g/mol. The Hall–Kier alpha value is -4.15. The van der Waals surface area contributed by atoms with Crippen molar-refractivity contribution in [2.45, 2.75) is 24.3 Å². The van der Waals surface area contributed by atoms with Gasteiger partial charge in [-0.1, -0.05) is 17.3 Å². The number of sulfonamides is 1. The summed E-state index contributed by atoms with van der Waals surface area (Å²) in [6, 6.07) is 12.7. The maximum absolute atomic E-state index is 13.0. The first-order chi connectivity index (χ1) is 17.8. The van der Waals surface area contributed by atoms with Gasteiger partial charge in [-0.15, -0.1) is 6.42 Å². The molecule has 1 aromatic heterocycles. The van der Waals surface area contributed by atoms with Crippen molar-refractivity contribution in [2.75, 3.05) is 27.3 Å². The van der Waals surface area contributed by atoms with Crippen molar-refractivity contribution in [1.82, 2.24) is 8.87 Å². The Morgan fingerprint density at radius 1 is 1.08 bits per heavy atom. The predicted molar refractivity (Wildman–Crippen MR) is 137 cm³/mol. The van der Waals surface area contributed by atoms with E-state index in [0.29, 0.717) is 16.3 Å². The number of hydrogen-bond donors (Lipinski definition) is 0. The summed E-state index contributed by atoms with van der Waals surface area (Å²) in [6.45, 7) is 0.0977. The second-order valence-electron chi connectivity index (χ2n) is 7.51. The molecule has 0 N–H and O–H groups in total. The molecule has 0 bridgehead atoms. The molecule has 2 aromatic carbocycles. The molecule has 10 nitrogen and oxygen atoms in total. The van der Waals surface area contributed by atoms with Gasteiger partial charge in [0.15, 0.2) is 16.3 Å². The highest BCUT2D eigenvalue weighted by Crippen LogP contribution is 2.33. The molecule has 1 heterocycles. The van der Waals surface area contributed by atoms with Gasteiger partial charge in [-0.25, -0.2) is 8.42 Å². The lowest BCUT2D eigenvalue weighted by Gasteiger charge is -2.20.